The monoisotopic (exact) mass is 302 g/mol. The van der Waals surface area contributed by atoms with Gasteiger partial charge in [0, 0.05) is 0 Å². The summed E-state index contributed by atoms with van der Waals surface area (Å²) in [5, 5.41) is 1.68. The lowest BCUT2D eigenvalue weighted by molar-refractivity contribution is 0.444. The van der Waals surface area contributed by atoms with E-state index in [1.165, 1.54) is 12.7 Å². The number of benzene rings is 2. The number of aromatic nitrogens is 4. The second-order valence-electron chi connectivity index (χ2n) is 4.80. The number of fused-ring (bicyclic) bond motifs is 2. The smallest absolute Gasteiger partial charge is 0.514 e. The molecule has 4 rings (SSSR count). The minimum atomic E-state index is 0.00200. The van der Waals surface area contributed by atoms with Gasteiger partial charge in [-0.15, -0.1) is 0 Å². The van der Waals surface area contributed by atoms with Crippen LogP contribution in [0.5, 0.6) is 11.8 Å². The average Bonchev–Trinajstić information content (AvgIpc) is 2.62. The number of para-hydroxylation sites is 2. The molecule has 0 saturated heterocycles. The molecule has 0 atom stereocenters. The predicted molar refractivity (Wildman–Crippen MR) is 87.5 cm³/mol. The van der Waals surface area contributed by atoms with E-state index in [-0.39, 0.29) is 7.69 Å². The number of hydrogen-bond acceptors (Lipinski definition) is 6. The molecule has 0 saturated carbocycles. The van der Waals surface area contributed by atoms with Crippen molar-refractivity contribution in [1.82, 2.24) is 19.9 Å². The molecular formula is C16H11BN4O2. The first-order chi connectivity index (χ1) is 11.4. The van der Waals surface area contributed by atoms with Gasteiger partial charge in [-0.3, -0.25) is 0 Å². The van der Waals surface area contributed by atoms with Gasteiger partial charge in [-0.2, -0.15) is 0 Å². The van der Waals surface area contributed by atoms with Crippen LogP contribution < -0.4 is 9.31 Å². The third-order valence-corrected chi connectivity index (χ3v) is 3.40. The summed E-state index contributed by atoms with van der Waals surface area (Å²) in [6, 6.07) is 15.3. The van der Waals surface area contributed by atoms with E-state index >= 15 is 0 Å². The van der Waals surface area contributed by atoms with E-state index in [4.69, 9.17) is 9.31 Å². The van der Waals surface area contributed by atoms with Crippen molar-refractivity contribution in [2.75, 3.05) is 0 Å². The number of hydrogen-bond donors (Lipinski definition) is 0. The van der Waals surface area contributed by atoms with E-state index in [9.17, 15) is 0 Å². The third-order valence-electron chi connectivity index (χ3n) is 3.40. The zero-order valence-electron chi connectivity index (χ0n) is 12.1. The maximum Gasteiger partial charge on any atom is 0.578 e. The summed E-state index contributed by atoms with van der Waals surface area (Å²) in [4.78, 5) is 16.7. The molecule has 0 aliphatic rings. The summed E-state index contributed by atoms with van der Waals surface area (Å²) in [6.07, 6.45) is 2.94. The predicted octanol–water partition coefficient (Wildman–Crippen LogP) is 2.30. The maximum absolute atomic E-state index is 5.64. The van der Waals surface area contributed by atoms with E-state index in [1.807, 2.05) is 48.5 Å². The highest BCUT2D eigenvalue weighted by atomic mass is 16.6. The van der Waals surface area contributed by atoms with Gasteiger partial charge >= 0.3 is 7.69 Å². The van der Waals surface area contributed by atoms with Crippen LogP contribution in [0.4, 0.5) is 0 Å². The highest BCUT2D eigenvalue weighted by molar-refractivity contribution is 6.21. The normalized spacial score (nSPS) is 10.6. The number of nitrogens with zero attached hydrogens (tertiary/aromatic N) is 4. The zero-order valence-corrected chi connectivity index (χ0v) is 12.1. The van der Waals surface area contributed by atoms with Crippen molar-refractivity contribution in [3.05, 3.63) is 61.2 Å². The summed E-state index contributed by atoms with van der Waals surface area (Å²) in [6.45, 7) is 0. The fraction of sp³-hybridized carbons (Fsp3) is 0. The fourth-order valence-electron chi connectivity index (χ4n) is 2.33. The summed E-state index contributed by atoms with van der Waals surface area (Å²) >= 11 is 0. The third kappa shape index (κ3) is 2.64. The van der Waals surface area contributed by atoms with Gasteiger partial charge in [-0.05, 0) is 24.3 Å². The van der Waals surface area contributed by atoms with Crippen LogP contribution in [0.3, 0.4) is 0 Å². The van der Waals surface area contributed by atoms with Gasteiger partial charge in [0.15, 0.2) is 0 Å². The first-order valence-electron chi connectivity index (χ1n) is 7.07. The molecule has 0 unspecified atom stereocenters. The van der Waals surface area contributed by atoms with Gasteiger partial charge in [-0.25, -0.2) is 19.9 Å². The van der Waals surface area contributed by atoms with Gasteiger partial charge in [0.1, 0.15) is 12.7 Å². The minimum absolute atomic E-state index is 0.00200. The maximum atomic E-state index is 5.64. The molecule has 4 aromatic rings. The lowest BCUT2D eigenvalue weighted by Gasteiger charge is -2.09. The second kappa shape index (κ2) is 5.88. The molecule has 0 spiro atoms. The van der Waals surface area contributed by atoms with Gasteiger partial charge in [0.05, 0.1) is 21.8 Å². The van der Waals surface area contributed by atoms with E-state index in [0.717, 1.165) is 21.8 Å². The molecule has 0 N–H and O–H groups in total. The Labute approximate surface area is 132 Å². The fourth-order valence-corrected chi connectivity index (χ4v) is 2.33. The molecule has 0 fully saturated rings. The SMILES string of the molecule is B(Oc1ncnc2ccccc12)Oc1ncnc2ccccc12. The summed E-state index contributed by atoms with van der Waals surface area (Å²) in [7, 11) is 0.00200. The van der Waals surface area contributed by atoms with Crippen LogP contribution >= 0.6 is 0 Å². The summed E-state index contributed by atoms with van der Waals surface area (Å²) < 4.78 is 11.3. The molecule has 23 heavy (non-hydrogen) atoms. The second-order valence-corrected chi connectivity index (χ2v) is 4.80. The Balaban J connectivity index is 1.55. The van der Waals surface area contributed by atoms with Crippen LogP contribution in [-0.2, 0) is 0 Å². The molecule has 0 amide bonds. The number of rotatable bonds is 4. The molecule has 2 heterocycles. The van der Waals surface area contributed by atoms with Crippen LogP contribution in [-0.4, -0.2) is 27.6 Å². The van der Waals surface area contributed by atoms with Gasteiger partial charge in [-0.1, -0.05) is 24.3 Å². The van der Waals surface area contributed by atoms with E-state index in [2.05, 4.69) is 19.9 Å². The van der Waals surface area contributed by atoms with E-state index in [1.54, 1.807) is 0 Å². The van der Waals surface area contributed by atoms with Crippen molar-refractivity contribution in [3.8, 4) is 11.8 Å². The van der Waals surface area contributed by atoms with Crippen molar-refractivity contribution in [1.29, 1.82) is 0 Å². The molecule has 0 aliphatic carbocycles. The molecule has 0 radical (unpaired) electrons. The molecule has 2 aromatic heterocycles. The van der Waals surface area contributed by atoms with Crippen LogP contribution in [0, 0.1) is 0 Å². The van der Waals surface area contributed by atoms with E-state index in [0.29, 0.717) is 11.8 Å². The van der Waals surface area contributed by atoms with Crippen LogP contribution in [0.15, 0.2) is 61.2 Å². The highest BCUT2D eigenvalue weighted by Crippen LogP contribution is 2.22. The average molecular weight is 302 g/mol. The Hall–Kier alpha value is -3.22. The first-order valence-corrected chi connectivity index (χ1v) is 7.07. The molecule has 2 aromatic carbocycles. The Morgan fingerprint density at radius 3 is 1.61 bits per heavy atom. The van der Waals surface area contributed by atoms with Crippen molar-refractivity contribution in [2.45, 2.75) is 0 Å². The Morgan fingerprint density at radius 2 is 1.09 bits per heavy atom. The van der Waals surface area contributed by atoms with Crippen LogP contribution in [0.2, 0.25) is 0 Å². The highest BCUT2D eigenvalue weighted by Gasteiger charge is 2.09. The molecule has 6 nitrogen and oxygen atoms in total. The largest absolute Gasteiger partial charge is 0.578 e. The zero-order chi connectivity index (χ0) is 15.5. The Kier molecular flexibility index (Phi) is 3.44. The van der Waals surface area contributed by atoms with Crippen LogP contribution in [0.25, 0.3) is 21.8 Å². The van der Waals surface area contributed by atoms with Crippen molar-refractivity contribution in [3.63, 3.8) is 0 Å². The van der Waals surface area contributed by atoms with Crippen molar-refractivity contribution >= 4 is 29.5 Å². The molecule has 0 bridgehead atoms. The molecular weight excluding hydrogens is 291 g/mol. The van der Waals surface area contributed by atoms with Gasteiger partial charge < -0.3 is 9.31 Å². The van der Waals surface area contributed by atoms with E-state index < -0.39 is 0 Å². The lowest BCUT2D eigenvalue weighted by atomic mass is 10.2. The molecule has 0 aliphatic heterocycles. The molecule has 7 heteroatoms. The van der Waals surface area contributed by atoms with Crippen molar-refractivity contribution in [2.24, 2.45) is 0 Å². The van der Waals surface area contributed by atoms with Crippen molar-refractivity contribution < 1.29 is 9.31 Å². The summed E-state index contributed by atoms with van der Waals surface area (Å²) in [5.41, 5.74) is 1.65. The van der Waals surface area contributed by atoms with Gasteiger partial charge in [0.2, 0.25) is 11.8 Å². The topological polar surface area (TPSA) is 70.0 Å². The van der Waals surface area contributed by atoms with Gasteiger partial charge in [0.25, 0.3) is 0 Å². The Bertz CT molecular complexity index is 890. The summed E-state index contributed by atoms with van der Waals surface area (Å²) in [5.74, 6) is 0.961. The quantitative estimate of drug-likeness (QED) is 0.539. The first kappa shape index (κ1) is 13.4. The lowest BCUT2D eigenvalue weighted by Crippen LogP contribution is -2.13. The standard InChI is InChI=1S/C16H11BN4O2/c1-3-7-13-11(5-1)15(20-9-18-13)22-17-23-16-12-6-2-4-8-14(12)19-10-21-16/h1-10,17H. The van der Waals surface area contributed by atoms with Crippen LogP contribution in [0.1, 0.15) is 0 Å². The minimum Gasteiger partial charge on any atom is -0.514 e. The Morgan fingerprint density at radius 1 is 0.609 bits per heavy atom. The molecule has 110 valence electrons.